The summed E-state index contributed by atoms with van der Waals surface area (Å²) in [4.78, 5) is 20.6. The first-order chi connectivity index (χ1) is 9.63. The Morgan fingerprint density at radius 2 is 2.25 bits per heavy atom. The molecule has 0 spiro atoms. The zero-order valence-corrected chi connectivity index (χ0v) is 11.2. The van der Waals surface area contributed by atoms with Crippen LogP contribution >= 0.6 is 0 Å². The Bertz CT molecular complexity index is 726. The van der Waals surface area contributed by atoms with E-state index in [0.717, 1.165) is 5.65 Å². The fraction of sp³-hybridized carbons (Fsp3) is 0.231. The highest BCUT2D eigenvalue weighted by Gasteiger charge is 2.17. The molecule has 2 N–H and O–H groups in total. The van der Waals surface area contributed by atoms with Crippen LogP contribution in [0.4, 0.5) is 0 Å². The number of fused-ring (bicyclic) bond motifs is 1. The van der Waals surface area contributed by atoms with Crippen LogP contribution in [0, 0.1) is 6.92 Å². The average Bonchev–Trinajstić information content (AvgIpc) is 3.04. The first-order valence-corrected chi connectivity index (χ1v) is 6.27. The van der Waals surface area contributed by atoms with E-state index in [1.807, 2.05) is 38.2 Å². The number of H-pyrrole nitrogens is 1. The SMILES string of the molecule is Cc1nc(C(C)NC(=O)c2cn3ccccc3n2)n[nH]1. The molecule has 1 amide bonds. The molecule has 0 aliphatic rings. The summed E-state index contributed by atoms with van der Waals surface area (Å²) in [6.07, 6.45) is 3.54. The van der Waals surface area contributed by atoms with Crippen LogP contribution in [0.2, 0.25) is 0 Å². The van der Waals surface area contributed by atoms with Gasteiger partial charge in [-0.2, -0.15) is 5.10 Å². The number of aromatic amines is 1. The van der Waals surface area contributed by atoms with Crippen molar-refractivity contribution in [2.75, 3.05) is 0 Å². The second-order valence-electron chi connectivity index (χ2n) is 4.57. The van der Waals surface area contributed by atoms with Crippen molar-refractivity contribution < 1.29 is 4.79 Å². The van der Waals surface area contributed by atoms with Gasteiger partial charge in [-0.25, -0.2) is 9.97 Å². The van der Waals surface area contributed by atoms with Crippen molar-refractivity contribution in [3.05, 3.63) is 47.9 Å². The van der Waals surface area contributed by atoms with Crippen molar-refractivity contribution in [3.63, 3.8) is 0 Å². The topological polar surface area (TPSA) is 88.0 Å². The number of aryl methyl sites for hydroxylation is 1. The number of aromatic nitrogens is 5. The molecule has 0 saturated carbocycles. The molecule has 102 valence electrons. The number of carbonyl (C=O) groups is 1. The summed E-state index contributed by atoms with van der Waals surface area (Å²) in [5.74, 6) is 1.03. The third-order valence-electron chi connectivity index (χ3n) is 2.95. The van der Waals surface area contributed by atoms with E-state index in [-0.39, 0.29) is 11.9 Å². The normalized spacial score (nSPS) is 12.5. The monoisotopic (exact) mass is 270 g/mol. The molecule has 3 aromatic rings. The highest BCUT2D eigenvalue weighted by Crippen LogP contribution is 2.09. The lowest BCUT2D eigenvalue weighted by atomic mass is 10.3. The van der Waals surface area contributed by atoms with Gasteiger partial charge in [0, 0.05) is 12.4 Å². The molecule has 0 aliphatic heterocycles. The number of nitrogens with zero attached hydrogens (tertiary/aromatic N) is 4. The summed E-state index contributed by atoms with van der Waals surface area (Å²) in [7, 11) is 0. The highest BCUT2D eigenvalue weighted by atomic mass is 16.2. The van der Waals surface area contributed by atoms with Gasteiger partial charge in [0.1, 0.15) is 17.2 Å². The van der Waals surface area contributed by atoms with Crippen molar-refractivity contribution in [1.82, 2.24) is 29.9 Å². The maximum Gasteiger partial charge on any atom is 0.272 e. The second kappa shape index (κ2) is 4.76. The van der Waals surface area contributed by atoms with Crippen LogP contribution in [0.1, 0.15) is 35.1 Å². The third kappa shape index (κ3) is 2.25. The van der Waals surface area contributed by atoms with Crippen molar-refractivity contribution in [2.45, 2.75) is 19.9 Å². The number of carbonyl (C=O) groups excluding carboxylic acids is 1. The minimum absolute atomic E-state index is 0.247. The van der Waals surface area contributed by atoms with E-state index in [9.17, 15) is 4.79 Å². The Kier molecular flexibility index (Phi) is 2.94. The smallest absolute Gasteiger partial charge is 0.272 e. The Morgan fingerprint density at radius 1 is 1.40 bits per heavy atom. The average molecular weight is 270 g/mol. The predicted molar refractivity (Wildman–Crippen MR) is 72.2 cm³/mol. The van der Waals surface area contributed by atoms with Crippen LogP contribution in [-0.4, -0.2) is 30.5 Å². The molecule has 0 saturated heterocycles. The van der Waals surface area contributed by atoms with Crippen LogP contribution in [0.25, 0.3) is 5.65 Å². The molecule has 0 bridgehead atoms. The summed E-state index contributed by atoms with van der Waals surface area (Å²) in [5, 5.41) is 9.61. The lowest BCUT2D eigenvalue weighted by Gasteiger charge is -2.08. The highest BCUT2D eigenvalue weighted by molar-refractivity contribution is 5.93. The van der Waals surface area contributed by atoms with Gasteiger partial charge in [0.25, 0.3) is 5.91 Å². The van der Waals surface area contributed by atoms with Gasteiger partial charge in [-0.05, 0) is 26.0 Å². The van der Waals surface area contributed by atoms with Gasteiger partial charge in [0.05, 0.1) is 6.04 Å². The van der Waals surface area contributed by atoms with Gasteiger partial charge in [-0.15, -0.1) is 0 Å². The summed E-state index contributed by atoms with van der Waals surface area (Å²) in [6, 6.07) is 5.33. The van der Waals surface area contributed by atoms with Gasteiger partial charge in [-0.3, -0.25) is 9.89 Å². The molecule has 0 radical (unpaired) electrons. The van der Waals surface area contributed by atoms with Crippen molar-refractivity contribution in [2.24, 2.45) is 0 Å². The zero-order valence-electron chi connectivity index (χ0n) is 11.2. The van der Waals surface area contributed by atoms with Gasteiger partial charge < -0.3 is 9.72 Å². The molecule has 0 fully saturated rings. The Balaban J connectivity index is 1.78. The molecule has 7 nitrogen and oxygen atoms in total. The number of imidazole rings is 1. The first-order valence-electron chi connectivity index (χ1n) is 6.27. The van der Waals surface area contributed by atoms with Gasteiger partial charge in [0.15, 0.2) is 5.82 Å². The molecule has 0 aliphatic carbocycles. The van der Waals surface area contributed by atoms with E-state index in [4.69, 9.17) is 0 Å². The second-order valence-corrected chi connectivity index (χ2v) is 4.57. The van der Waals surface area contributed by atoms with E-state index in [2.05, 4.69) is 25.5 Å². The minimum atomic E-state index is -0.280. The summed E-state index contributed by atoms with van der Waals surface area (Å²) in [6.45, 7) is 3.64. The molecular formula is C13H14N6O. The molecule has 3 heterocycles. The van der Waals surface area contributed by atoms with Crippen LogP contribution in [0.15, 0.2) is 30.6 Å². The largest absolute Gasteiger partial charge is 0.341 e. The fourth-order valence-corrected chi connectivity index (χ4v) is 1.93. The Labute approximate surface area is 115 Å². The molecule has 1 atom stereocenters. The van der Waals surface area contributed by atoms with Gasteiger partial charge >= 0.3 is 0 Å². The zero-order chi connectivity index (χ0) is 14.1. The van der Waals surface area contributed by atoms with Gasteiger partial charge in [-0.1, -0.05) is 6.07 Å². The Morgan fingerprint density at radius 3 is 2.95 bits per heavy atom. The number of nitrogens with one attached hydrogen (secondary N) is 2. The van der Waals surface area contributed by atoms with Crippen LogP contribution in [0.5, 0.6) is 0 Å². The third-order valence-corrected chi connectivity index (χ3v) is 2.95. The molecule has 3 aromatic heterocycles. The summed E-state index contributed by atoms with van der Waals surface area (Å²) < 4.78 is 1.80. The van der Waals surface area contributed by atoms with Crippen LogP contribution in [0.3, 0.4) is 0 Å². The lowest BCUT2D eigenvalue weighted by Crippen LogP contribution is -2.27. The molecule has 7 heteroatoms. The van der Waals surface area contributed by atoms with Crippen LogP contribution in [-0.2, 0) is 0 Å². The van der Waals surface area contributed by atoms with Crippen LogP contribution < -0.4 is 5.32 Å². The lowest BCUT2D eigenvalue weighted by molar-refractivity contribution is 0.0934. The van der Waals surface area contributed by atoms with E-state index in [1.165, 1.54) is 0 Å². The number of amides is 1. The van der Waals surface area contributed by atoms with E-state index in [1.54, 1.807) is 10.6 Å². The van der Waals surface area contributed by atoms with Gasteiger partial charge in [0.2, 0.25) is 0 Å². The Hall–Kier alpha value is -2.70. The molecule has 3 rings (SSSR count). The van der Waals surface area contributed by atoms with Crippen molar-refractivity contribution in [3.8, 4) is 0 Å². The number of rotatable bonds is 3. The first kappa shape index (κ1) is 12.3. The summed E-state index contributed by atoms with van der Waals surface area (Å²) in [5.41, 5.74) is 1.11. The predicted octanol–water partition coefficient (Wildman–Crippen LogP) is 1.25. The fourth-order valence-electron chi connectivity index (χ4n) is 1.93. The molecule has 1 unspecified atom stereocenters. The maximum absolute atomic E-state index is 12.2. The number of hydrogen-bond donors (Lipinski definition) is 2. The number of hydrogen-bond acceptors (Lipinski definition) is 4. The standard InChI is InChI=1S/C13H14N6O/c1-8(12-15-9(2)17-18-12)14-13(20)10-7-19-6-4-3-5-11(19)16-10/h3-8H,1-2H3,(H,14,20)(H,15,17,18). The minimum Gasteiger partial charge on any atom is -0.341 e. The van der Waals surface area contributed by atoms with Crippen molar-refractivity contribution in [1.29, 1.82) is 0 Å². The summed E-state index contributed by atoms with van der Waals surface area (Å²) >= 11 is 0. The van der Waals surface area contributed by atoms with E-state index >= 15 is 0 Å². The van der Waals surface area contributed by atoms with E-state index < -0.39 is 0 Å². The molecule has 20 heavy (non-hydrogen) atoms. The maximum atomic E-state index is 12.2. The van der Waals surface area contributed by atoms with E-state index in [0.29, 0.717) is 17.3 Å². The quantitative estimate of drug-likeness (QED) is 0.749. The molecular weight excluding hydrogens is 256 g/mol. The molecule has 0 aromatic carbocycles. The van der Waals surface area contributed by atoms with Crippen molar-refractivity contribution >= 4 is 11.6 Å². The number of pyridine rings is 1.